The predicted molar refractivity (Wildman–Crippen MR) is 128 cm³/mol. The molecule has 0 spiro atoms. The molecule has 2 aromatic carbocycles. The number of benzene rings is 2. The van der Waals surface area contributed by atoms with E-state index in [-0.39, 0.29) is 23.5 Å². The molecule has 11 nitrogen and oxygen atoms in total. The molecule has 14 heteroatoms. The van der Waals surface area contributed by atoms with Gasteiger partial charge in [-0.1, -0.05) is 42.8 Å². The van der Waals surface area contributed by atoms with E-state index in [0.29, 0.717) is 28.5 Å². The highest BCUT2D eigenvalue weighted by atomic mass is 35.5. The van der Waals surface area contributed by atoms with Crippen LogP contribution in [0.4, 0.5) is 11.6 Å². The quantitative estimate of drug-likeness (QED) is 0.287. The molecule has 0 saturated carbocycles. The van der Waals surface area contributed by atoms with Crippen molar-refractivity contribution in [1.82, 2.24) is 25.6 Å². The number of hydrogen-bond acceptors (Lipinski definition) is 8. The Kier molecular flexibility index (Phi) is 8.85. The Hall–Kier alpha value is -2.65. The molecule has 0 aliphatic rings. The van der Waals surface area contributed by atoms with Crippen LogP contribution in [0.1, 0.15) is 12.5 Å². The Morgan fingerprint density at radius 2 is 1.61 bits per heavy atom. The maximum Gasteiger partial charge on any atom is 0.277 e. The summed E-state index contributed by atoms with van der Waals surface area (Å²) in [6.07, 6.45) is 1.45. The number of sulfonamides is 1. The maximum atomic E-state index is 11.7. The number of primary sulfonamides is 1. The van der Waals surface area contributed by atoms with Crippen LogP contribution in [-0.2, 0) is 26.8 Å². The average molecular weight is 514 g/mol. The molecule has 0 aliphatic heterocycles. The molecule has 0 amide bonds. The molecule has 0 aliphatic carbocycles. The number of nitrogens with one attached hydrogen (secondary N) is 3. The summed E-state index contributed by atoms with van der Waals surface area (Å²) in [5.74, 6) is 0.259. The molecule has 3 rings (SSSR count). The molecule has 0 atom stereocenters. The first-order valence-corrected chi connectivity index (χ1v) is 12.7. The molecule has 33 heavy (non-hydrogen) atoms. The SMILES string of the molecule is CCNS(=O)(=O)NCc1ccc(-c2nc(Nc3ccc(S(N)(=O)=O)cc3)ncc2Cl)cc1.N. The second kappa shape index (κ2) is 11.0. The second-order valence-electron chi connectivity index (χ2n) is 6.60. The van der Waals surface area contributed by atoms with Gasteiger partial charge in [0.2, 0.25) is 16.0 Å². The zero-order valence-corrected chi connectivity index (χ0v) is 20.0. The number of rotatable bonds is 9. The van der Waals surface area contributed by atoms with Crippen LogP contribution in [0.15, 0.2) is 59.6 Å². The first kappa shape index (κ1) is 26.6. The van der Waals surface area contributed by atoms with Crippen LogP contribution >= 0.6 is 11.6 Å². The van der Waals surface area contributed by atoms with Crippen molar-refractivity contribution in [2.45, 2.75) is 18.4 Å². The van der Waals surface area contributed by atoms with Gasteiger partial charge in [-0.2, -0.15) is 13.1 Å². The highest BCUT2D eigenvalue weighted by molar-refractivity contribution is 7.89. The van der Waals surface area contributed by atoms with Crippen LogP contribution in [-0.4, -0.2) is 33.3 Å². The second-order valence-corrected chi connectivity index (χ2v) is 10.2. The van der Waals surface area contributed by atoms with Gasteiger partial charge in [-0.05, 0) is 29.8 Å². The third-order valence-corrected chi connectivity index (χ3v) is 6.61. The topological polar surface area (TPSA) is 191 Å². The molecule has 3 aromatic rings. The lowest BCUT2D eigenvalue weighted by Crippen LogP contribution is -2.35. The molecular formula is C19H24ClN7O4S2. The highest BCUT2D eigenvalue weighted by Gasteiger charge is 2.11. The van der Waals surface area contributed by atoms with Gasteiger partial charge >= 0.3 is 0 Å². The van der Waals surface area contributed by atoms with Crippen molar-refractivity contribution in [3.63, 3.8) is 0 Å². The summed E-state index contributed by atoms with van der Waals surface area (Å²) in [7, 11) is -7.31. The molecule has 0 fully saturated rings. The summed E-state index contributed by atoms with van der Waals surface area (Å²) in [5.41, 5.74) is 2.51. The van der Waals surface area contributed by atoms with Gasteiger partial charge in [0, 0.05) is 24.3 Å². The summed E-state index contributed by atoms with van der Waals surface area (Å²) in [4.78, 5) is 8.57. The lowest BCUT2D eigenvalue weighted by Gasteiger charge is -2.10. The van der Waals surface area contributed by atoms with E-state index in [2.05, 4.69) is 24.7 Å². The third kappa shape index (κ3) is 7.43. The fraction of sp³-hybridized carbons (Fsp3) is 0.158. The Bertz CT molecular complexity index is 1300. The molecular weight excluding hydrogens is 490 g/mol. The van der Waals surface area contributed by atoms with Gasteiger partial charge in [-0.15, -0.1) is 0 Å². The van der Waals surface area contributed by atoms with E-state index in [4.69, 9.17) is 16.7 Å². The molecule has 0 saturated heterocycles. The third-order valence-electron chi connectivity index (χ3n) is 4.21. The van der Waals surface area contributed by atoms with Crippen LogP contribution in [0, 0.1) is 0 Å². The number of nitrogens with two attached hydrogens (primary N) is 1. The smallest absolute Gasteiger partial charge is 0.277 e. The summed E-state index contributed by atoms with van der Waals surface area (Å²) in [6, 6.07) is 12.9. The first-order chi connectivity index (χ1) is 15.1. The number of nitrogens with zero attached hydrogens (tertiary/aromatic N) is 2. The molecule has 1 aromatic heterocycles. The van der Waals surface area contributed by atoms with Crippen molar-refractivity contribution in [2.75, 3.05) is 11.9 Å². The van der Waals surface area contributed by atoms with Crippen molar-refractivity contribution in [3.8, 4) is 11.3 Å². The number of anilines is 2. The van der Waals surface area contributed by atoms with Crippen molar-refractivity contribution >= 4 is 43.5 Å². The van der Waals surface area contributed by atoms with Gasteiger partial charge in [-0.25, -0.2) is 28.2 Å². The molecule has 0 radical (unpaired) electrons. The van der Waals surface area contributed by atoms with E-state index in [9.17, 15) is 16.8 Å². The fourth-order valence-electron chi connectivity index (χ4n) is 2.69. The van der Waals surface area contributed by atoms with E-state index in [1.165, 1.54) is 18.3 Å². The number of hydrogen-bond donors (Lipinski definition) is 5. The Morgan fingerprint density at radius 1 is 0.970 bits per heavy atom. The minimum atomic E-state index is -3.78. The Balaban J connectivity index is 0.00000385. The van der Waals surface area contributed by atoms with Crippen molar-refractivity contribution in [1.29, 1.82) is 0 Å². The zero-order valence-electron chi connectivity index (χ0n) is 17.6. The van der Waals surface area contributed by atoms with Gasteiger partial charge in [0.05, 0.1) is 21.8 Å². The lowest BCUT2D eigenvalue weighted by molar-refractivity contribution is 0.568. The summed E-state index contributed by atoms with van der Waals surface area (Å²) >= 11 is 6.27. The van der Waals surface area contributed by atoms with Gasteiger partial charge in [-0.3, -0.25) is 0 Å². The highest BCUT2D eigenvalue weighted by Crippen LogP contribution is 2.27. The van der Waals surface area contributed by atoms with Crippen molar-refractivity contribution < 1.29 is 16.8 Å². The molecule has 1 heterocycles. The van der Waals surface area contributed by atoms with Gasteiger partial charge in [0.15, 0.2) is 0 Å². The lowest BCUT2D eigenvalue weighted by atomic mass is 10.1. The van der Waals surface area contributed by atoms with Crippen LogP contribution in [0.3, 0.4) is 0 Å². The predicted octanol–water partition coefficient (Wildman–Crippen LogP) is 2.29. The monoisotopic (exact) mass is 513 g/mol. The maximum absolute atomic E-state index is 11.7. The zero-order chi connectivity index (χ0) is 23.4. The summed E-state index contributed by atoms with van der Waals surface area (Å²) < 4.78 is 50.9. The molecule has 8 N–H and O–H groups in total. The van der Waals surface area contributed by atoms with Gasteiger partial charge in [0.1, 0.15) is 0 Å². The fourth-order valence-corrected chi connectivity index (χ4v) is 4.24. The Morgan fingerprint density at radius 3 is 2.18 bits per heavy atom. The number of halogens is 1. The van der Waals surface area contributed by atoms with E-state index in [1.54, 1.807) is 43.3 Å². The van der Waals surface area contributed by atoms with Gasteiger partial charge in [0.25, 0.3) is 10.2 Å². The average Bonchev–Trinajstić information content (AvgIpc) is 2.74. The minimum Gasteiger partial charge on any atom is -0.344 e. The van der Waals surface area contributed by atoms with Crippen LogP contribution in [0.2, 0.25) is 5.02 Å². The number of aromatic nitrogens is 2. The van der Waals surface area contributed by atoms with Crippen LogP contribution < -0.4 is 26.1 Å². The van der Waals surface area contributed by atoms with Crippen LogP contribution in [0.5, 0.6) is 0 Å². The normalized spacial score (nSPS) is 11.6. The largest absolute Gasteiger partial charge is 0.344 e. The van der Waals surface area contributed by atoms with E-state index >= 15 is 0 Å². The van der Waals surface area contributed by atoms with E-state index < -0.39 is 20.2 Å². The first-order valence-electron chi connectivity index (χ1n) is 9.33. The molecule has 0 bridgehead atoms. The minimum absolute atomic E-state index is 0. The van der Waals surface area contributed by atoms with Crippen molar-refractivity contribution in [3.05, 3.63) is 65.3 Å². The van der Waals surface area contributed by atoms with Crippen LogP contribution in [0.25, 0.3) is 11.3 Å². The summed E-state index contributed by atoms with van der Waals surface area (Å²) in [5, 5.41) is 8.41. The summed E-state index contributed by atoms with van der Waals surface area (Å²) in [6.45, 7) is 2.13. The van der Waals surface area contributed by atoms with E-state index in [0.717, 1.165) is 5.56 Å². The molecule has 178 valence electrons. The Labute approximate surface area is 197 Å². The molecule has 0 unspecified atom stereocenters. The van der Waals surface area contributed by atoms with Crippen molar-refractivity contribution in [2.24, 2.45) is 5.14 Å². The van der Waals surface area contributed by atoms with E-state index in [1.807, 2.05) is 0 Å². The standard InChI is InChI=1S/C19H21ClN6O4S2.H3N/c1-2-23-32(29,30)24-11-13-3-5-14(6-4-13)18-17(20)12-22-19(26-18)25-15-7-9-16(10-8-15)31(21,27)28;/h3-10,12,23-24H,2,11H2,1H3,(H2,21,27,28)(H,22,25,26);1H3. The van der Waals surface area contributed by atoms with Gasteiger partial charge < -0.3 is 11.5 Å².